The van der Waals surface area contributed by atoms with Gasteiger partial charge in [0.15, 0.2) is 6.10 Å². The van der Waals surface area contributed by atoms with Gasteiger partial charge in [-0.2, -0.15) is 0 Å². The van der Waals surface area contributed by atoms with Crippen LogP contribution in [-0.2, 0) is 19.1 Å². The highest BCUT2D eigenvalue weighted by Crippen LogP contribution is 2.06. The van der Waals surface area contributed by atoms with Gasteiger partial charge in [-0.05, 0) is 13.8 Å². The van der Waals surface area contributed by atoms with Crippen molar-refractivity contribution in [3.8, 4) is 0 Å². The Bertz CT molecular complexity index is 266. The predicted molar refractivity (Wildman–Crippen MR) is 55.0 cm³/mol. The van der Waals surface area contributed by atoms with Crippen LogP contribution in [0.2, 0.25) is 0 Å². The summed E-state index contributed by atoms with van der Waals surface area (Å²) in [5, 5.41) is 8.76. The van der Waals surface area contributed by atoms with E-state index in [2.05, 4.69) is 0 Å². The van der Waals surface area contributed by atoms with Crippen molar-refractivity contribution in [2.45, 2.75) is 26.1 Å². The number of nitrogens with zero attached hydrogens (tertiary/aromatic N) is 1. The fraction of sp³-hybridized carbons (Fsp3) is 0.800. The van der Waals surface area contributed by atoms with Crippen molar-refractivity contribution in [2.75, 3.05) is 26.3 Å². The molecule has 6 nitrogen and oxygen atoms in total. The zero-order valence-corrected chi connectivity index (χ0v) is 9.51. The van der Waals surface area contributed by atoms with E-state index < -0.39 is 12.1 Å². The molecule has 16 heavy (non-hydrogen) atoms. The van der Waals surface area contributed by atoms with Crippen LogP contribution in [0.15, 0.2) is 0 Å². The number of carbonyl (C=O) groups is 2. The third-order valence-electron chi connectivity index (χ3n) is 2.23. The molecule has 1 aliphatic rings. The summed E-state index contributed by atoms with van der Waals surface area (Å²) in [6.07, 6.45) is -0.933. The molecule has 0 aromatic rings. The van der Waals surface area contributed by atoms with Crippen molar-refractivity contribution in [3.63, 3.8) is 0 Å². The maximum atomic E-state index is 11.6. The van der Waals surface area contributed by atoms with Gasteiger partial charge in [-0.1, -0.05) is 0 Å². The first kappa shape index (κ1) is 12.9. The second-order valence-corrected chi connectivity index (χ2v) is 3.90. The second-order valence-electron chi connectivity index (χ2n) is 3.90. The first-order valence-corrected chi connectivity index (χ1v) is 5.24. The lowest BCUT2D eigenvalue weighted by Crippen LogP contribution is -2.49. The van der Waals surface area contributed by atoms with Gasteiger partial charge >= 0.3 is 5.97 Å². The summed E-state index contributed by atoms with van der Waals surface area (Å²) in [5.41, 5.74) is 0. The van der Waals surface area contributed by atoms with E-state index in [0.29, 0.717) is 6.54 Å². The van der Waals surface area contributed by atoms with Crippen molar-refractivity contribution < 1.29 is 24.2 Å². The number of aliphatic carboxylic acids is 1. The smallest absolute Gasteiger partial charge is 0.334 e. The van der Waals surface area contributed by atoms with Gasteiger partial charge in [0.05, 0.1) is 19.3 Å². The number of morpholine rings is 1. The molecule has 1 unspecified atom stereocenters. The fourth-order valence-corrected chi connectivity index (χ4v) is 1.35. The number of carboxylic acid groups (broad SMARTS) is 1. The third kappa shape index (κ3) is 3.79. The summed E-state index contributed by atoms with van der Waals surface area (Å²) in [6, 6.07) is 0. The number of carbonyl (C=O) groups excluding carboxylic acids is 1. The maximum Gasteiger partial charge on any atom is 0.334 e. The Kier molecular flexibility index (Phi) is 4.70. The highest BCUT2D eigenvalue weighted by molar-refractivity contribution is 5.79. The molecule has 92 valence electrons. The van der Waals surface area contributed by atoms with Crippen molar-refractivity contribution in [2.24, 2.45) is 0 Å². The molecule has 1 amide bonds. The van der Waals surface area contributed by atoms with Crippen LogP contribution in [0, 0.1) is 0 Å². The third-order valence-corrected chi connectivity index (χ3v) is 2.23. The van der Waals surface area contributed by atoms with Crippen molar-refractivity contribution in [1.82, 2.24) is 4.90 Å². The van der Waals surface area contributed by atoms with E-state index in [1.165, 1.54) is 4.90 Å². The summed E-state index contributed by atoms with van der Waals surface area (Å²) >= 11 is 0. The Morgan fingerprint density at radius 1 is 1.56 bits per heavy atom. The molecule has 0 spiro atoms. The first-order chi connectivity index (χ1) is 7.50. The quantitative estimate of drug-likeness (QED) is 0.720. The van der Waals surface area contributed by atoms with E-state index in [4.69, 9.17) is 14.6 Å². The van der Waals surface area contributed by atoms with Crippen LogP contribution in [0.25, 0.3) is 0 Å². The van der Waals surface area contributed by atoms with Crippen LogP contribution in [0.3, 0.4) is 0 Å². The average Bonchev–Trinajstić information content (AvgIpc) is 2.26. The molecule has 1 fully saturated rings. The van der Waals surface area contributed by atoms with E-state index >= 15 is 0 Å². The Morgan fingerprint density at radius 2 is 2.25 bits per heavy atom. The van der Waals surface area contributed by atoms with Crippen LogP contribution in [0.1, 0.15) is 13.8 Å². The predicted octanol–water partition coefficient (Wildman–Crippen LogP) is -0.277. The largest absolute Gasteiger partial charge is 0.479 e. The molecule has 1 atom stereocenters. The summed E-state index contributed by atoms with van der Waals surface area (Å²) in [4.78, 5) is 23.8. The summed E-state index contributed by atoms with van der Waals surface area (Å²) in [6.45, 7) is 4.44. The van der Waals surface area contributed by atoms with Gasteiger partial charge in [0, 0.05) is 6.54 Å². The normalized spacial score (nSPS) is 21.2. The molecule has 1 N–H and O–H groups in total. The zero-order valence-electron chi connectivity index (χ0n) is 9.51. The van der Waals surface area contributed by atoms with Gasteiger partial charge < -0.3 is 19.5 Å². The molecule has 0 aliphatic carbocycles. The molecular weight excluding hydrogens is 214 g/mol. The van der Waals surface area contributed by atoms with Gasteiger partial charge in [-0.15, -0.1) is 0 Å². The lowest BCUT2D eigenvalue weighted by atomic mass is 10.2. The minimum atomic E-state index is -1.04. The number of ether oxygens (including phenoxy) is 2. The number of amides is 1. The number of carboxylic acids is 1. The summed E-state index contributed by atoms with van der Waals surface area (Å²) in [5.74, 6) is -1.23. The minimum Gasteiger partial charge on any atom is -0.479 e. The van der Waals surface area contributed by atoms with Crippen LogP contribution in [-0.4, -0.2) is 60.4 Å². The van der Waals surface area contributed by atoms with Crippen LogP contribution in [0.4, 0.5) is 0 Å². The molecule has 0 saturated carbocycles. The van der Waals surface area contributed by atoms with Crippen molar-refractivity contribution >= 4 is 11.9 Å². The fourth-order valence-electron chi connectivity index (χ4n) is 1.35. The molecule has 0 radical (unpaired) electrons. The lowest BCUT2D eigenvalue weighted by Gasteiger charge is -2.30. The molecule has 1 rings (SSSR count). The monoisotopic (exact) mass is 231 g/mol. The van der Waals surface area contributed by atoms with Crippen LogP contribution < -0.4 is 0 Å². The highest BCUT2D eigenvalue weighted by atomic mass is 16.5. The van der Waals surface area contributed by atoms with Crippen molar-refractivity contribution in [3.05, 3.63) is 0 Å². The Balaban J connectivity index is 2.41. The highest BCUT2D eigenvalue weighted by Gasteiger charge is 2.28. The van der Waals surface area contributed by atoms with E-state index in [9.17, 15) is 9.59 Å². The van der Waals surface area contributed by atoms with E-state index in [-0.39, 0.29) is 31.8 Å². The molecule has 1 heterocycles. The molecule has 0 aromatic heterocycles. The zero-order chi connectivity index (χ0) is 12.1. The van der Waals surface area contributed by atoms with Gasteiger partial charge in [-0.25, -0.2) is 4.79 Å². The Hall–Kier alpha value is -1.14. The van der Waals surface area contributed by atoms with Gasteiger partial charge in [0.25, 0.3) is 0 Å². The van der Waals surface area contributed by atoms with E-state index in [0.717, 1.165) is 0 Å². The molecule has 1 saturated heterocycles. The van der Waals surface area contributed by atoms with Crippen LogP contribution >= 0.6 is 0 Å². The molecule has 0 aromatic carbocycles. The van der Waals surface area contributed by atoms with Gasteiger partial charge in [-0.3, -0.25) is 4.79 Å². The van der Waals surface area contributed by atoms with E-state index in [1.807, 2.05) is 13.8 Å². The number of hydrogen-bond donors (Lipinski definition) is 1. The summed E-state index contributed by atoms with van der Waals surface area (Å²) in [7, 11) is 0. The van der Waals surface area contributed by atoms with Gasteiger partial charge in [0.1, 0.15) is 6.61 Å². The number of hydrogen-bond acceptors (Lipinski definition) is 4. The molecular formula is C10H17NO5. The SMILES string of the molecule is CC(C)OCC(=O)N1CCOC(C(=O)O)C1. The Labute approximate surface area is 94.1 Å². The van der Waals surface area contributed by atoms with Crippen LogP contribution in [0.5, 0.6) is 0 Å². The minimum absolute atomic E-state index is 0.00991. The molecule has 1 aliphatic heterocycles. The average molecular weight is 231 g/mol. The van der Waals surface area contributed by atoms with E-state index in [1.54, 1.807) is 0 Å². The Morgan fingerprint density at radius 3 is 2.81 bits per heavy atom. The molecule has 0 bridgehead atoms. The second kappa shape index (κ2) is 5.81. The molecule has 6 heteroatoms. The number of rotatable bonds is 4. The lowest BCUT2D eigenvalue weighted by molar-refractivity contribution is -0.161. The van der Waals surface area contributed by atoms with Crippen molar-refractivity contribution in [1.29, 1.82) is 0 Å². The first-order valence-electron chi connectivity index (χ1n) is 5.24. The maximum absolute atomic E-state index is 11.6. The topological polar surface area (TPSA) is 76.1 Å². The standard InChI is InChI=1S/C10H17NO5/c1-7(2)16-6-9(12)11-3-4-15-8(5-11)10(13)14/h7-8H,3-6H2,1-2H3,(H,13,14). The summed E-state index contributed by atoms with van der Waals surface area (Å²) < 4.78 is 10.2. The van der Waals surface area contributed by atoms with Gasteiger partial charge in [0.2, 0.25) is 5.91 Å².